The van der Waals surface area contributed by atoms with E-state index in [4.69, 9.17) is 12.0 Å². The molecule has 0 aromatic carbocycles. The predicted molar refractivity (Wildman–Crippen MR) is 42.1 cm³/mol. The normalized spacial score (nSPS) is 8.50. The van der Waals surface area contributed by atoms with Crippen LogP contribution in [0.3, 0.4) is 0 Å². The molecule has 0 aromatic heterocycles. The zero-order valence-electron chi connectivity index (χ0n) is 6.52. The molecule has 0 fully saturated rings. The van der Waals surface area contributed by atoms with Crippen LogP contribution in [0.2, 0.25) is 0 Å². The SMILES string of the molecule is [C-]#[N+]CCCN(C)C(C)=N. The molecule has 0 aliphatic carbocycles. The van der Waals surface area contributed by atoms with Crippen LogP contribution < -0.4 is 0 Å². The van der Waals surface area contributed by atoms with Gasteiger partial charge in [-0.3, -0.25) is 5.41 Å². The van der Waals surface area contributed by atoms with Crippen LogP contribution in [0.4, 0.5) is 0 Å². The van der Waals surface area contributed by atoms with Crippen LogP contribution in [0.5, 0.6) is 0 Å². The molecule has 0 spiro atoms. The molecule has 0 radical (unpaired) electrons. The Morgan fingerprint density at radius 3 is 2.70 bits per heavy atom. The lowest BCUT2D eigenvalue weighted by Crippen LogP contribution is -2.24. The van der Waals surface area contributed by atoms with Gasteiger partial charge < -0.3 is 9.74 Å². The Labute approximate surface area is 62.0 Å². The van der Waals surface area contributed by atoms with Gasteiger partial charge in [0.2, 0.25) is 6.54 Å². The first-order chi connectivity index (χ1) is 4.68. The molecule has 0 aromatic rings. The van der Waals surface area contributed by atoms with E-state index in [9.17, 15) is 0 Å². The lowest BCUT2D eigenvalue weighted by atomic mass is 10.4. The zero-order chi connectivity index (χ0) is 7.98. The van der Waals surface area contributed by atoms with E-state index in [1.54, 1.807) is 6.92 Å². The molecule has 0 bridgehead atoms. The minimum Gasteiger partial charge on any atom is -0.364 e. The van der Waals surface area contributed by atoms with Crippen LogP contribution in [0, 0.1) is 12.0 Å². The molecule has 3 nitrogen and oxygen atoms in total. The monoisotopic (exact) mass is 139 g/mol. The Kier molecular flexibility index (Phi) is 4.30. The van der Waals surface area contributed by atoms with Gasteiger partial charge in [-0.25, -0.2) is 6.57 Å². The van der Waals surface area contributed by atoms with Crippen molar-refractivity contribution >= 4 is 5.84 Å². The molecular formula is C7H13N3. The average molecular weight is 139 g/mol. The summed E-state index contributed by atoms with van der Waals surface area (Å²) in [5, 5.41) is 7.18. The first-order valence-electron chi connectivity index (χ1n) is 3.28. The lowest BCUT2D eigenvalue weighted by Gasteiger charge is -2.14. The van der Waals surface area contributed by atoms with E-state index in [0.29, 0.717) is 12.4 Å². The van der Waals surface area contributed by atoms with Crippen LogP contribution in [0.25, 0.3) is 4.85 Å². The molecule has 0 aliphatic rings. The van der Waals surface area contributed by atoms with Gasteiger partial charge >= 0.3 is 0 Å². The fourth-order valence-electron chi connectivity index (χ4n) is 0.555. The molecule has 0 saturated heterocycles. The number of rotatable bonds is 3. The van der Waals surface area contributed by atoms with E-state index in [1.807, 2.05) is 11.9 Å². The smallest absolute Gasteiger partial charge is 0.216 e. The highest BCUT2D eigenvalue weighted by molar-refractivity contribution is 5.75. The van der Waals surface area contributed by atoms with E-state index >= 15 is 0 Å². The van der Waals surface area contributed by atoms with Crippen molar-refractivity contribution in [2.75, 3.05) is 20.1 Å². The van der Waals surface area contributed by atoms with E-state index < -0.39 is 0 Å². The van der Waals surface area contributed by atoms with Gasteiger partial charge in [-0.2, -0.15) is 0 Å². The van der Waals surface area contributed by atoms with Gasteiger partial charge in [0.1, 0.15) is 0 Å². The van der Waals surface area contributed by atoms with Crippen molar-refractivity contribution in [3.63, 3.8) is 0 Å². The maximum absolute atomic E-state index is 7.18. The minimum absolute atomic E-state index is 0.560. The van der Waals surface area contributed by atoms with Gasteiger partial charge in [0, 0.05) is 20.0 Å². The third kappa shape index (κ3) is 3.90. The number of nitrogens with one attached hydrogen (secondary N) is 1. The fraction of sp³-hybridized carbons (Fsp3) is 0.714. The summed E-state index contributed by atoms with van der Waals surface area (Å²) in [7, 11) is 1.87. The lowest BCUT2D eigenvalue weighted by molar-refractivity contribution is 0.492. The molecule has 56 valence electrons. The maximum atomic E-state index is 7.18. The number of hydrogen-bond acceptors (Lipinski definition) is 1. The standard InChI is InChI=1S/C7H13N3/c1-7(8)10(3)6-4-5-9-2/h8H,4-6H2,1,3H3. The summed E-state index contributed by atoms with van der Waals surface area (Å²) in [6.45, 7) is 9.64. The van der Waals surface area contributed by atoms with Gasteiger partial charge in [0.25, 0.3) is 0 Å². The van der Waals surface area contributed by atoms with Crippen molar-refractivity contribution in [3.05, 3.63) is 11.4 Å². The van der Waals surface area contributed by atoms with Crippen LogP contribution in [-0.4, -0.2) is 30.9 Å². The van der Waals surface area contributed by atoms with Crippen LogP contribution in [-0.2, 0) is 0 Å². The van der Waals surface area contributed by atoms with Crippen molar-refractivity contribution < 1.29 is 0 Å². The van der Waals surface area contributed by atoms with Crippen LogP contribution in [0.15, 0.2) is 0 Å². The summed E-state index contributed by atoms with van der Waals surface area (Å²) in [6, 6.07) is 0. The zero-order valence-corrected chi connectivity index (χ0v) is 6.52. The van der Waals surface area contributed by atoms with E-state index in [2.05, 4.69) is 4.85 Å². The van der Waals surface area contributed by atoms with Crippen molar-refractivity contribution in [3.8, 4) is 0 Å². The maximum Gasteiger partial charge on any atom is 0.216 e. The first kappa shape index (κ1) is 8.96. The highest BCUT2D eigenvalue weighted by Gasteiger charge is 1.97. The highest BCUT2D eigenvalue weighted by atomic mass is 15.1. The molecule has 10 heavy (non-hydrogen) atoms. The van der Waals surface area contributed by atoms with Gasteiger partial charge in [-0.1, -0.05) is 0 Å². The quantitative estimate of drug-likeness (QED) is 0.271. The second-order valence-corrected chi connectivity index (χ2v) is 2.24. The average Bonchev–Trinajstić information content (AvgIpc) is 1.88. The molecule has 0 amide bonds. The van der Waals surface area contributed by atoms with Gasteiger partial charge in [-0.15, -0.1) is 0 Å². The van der Waals surface area contributed by atoms with Crippen molar-refractivity contribution in [2.45, 2.75) is 13.3 Å². The fourth-order valence-corrected chi connectivity index (χ4v) is 0.555. The highest BCUT2D eigenvalue weighted by Crippen LogP contribution is 1.88. The molecular weight excluding hydrogens is 126 g/mol. The molecule has 0 atom stereocenters. The summed E-state index contributed by atoms with van der Waals surface area (Å²) in [5.74, 6) is 0.560. The van der Waals surface area contributed by atoms with Crippen LogP contribution >= 0.6 is 0 Å². The van der Waals surface area contributed by atoms with Crippen molar-refractivity contribution in [1.82, 2.24) is 4.90 Å². The molecule has 0 unspecified atom stereocenters. The Balaban J connectivity index is 3.32. The summed E-state index contributed by atoms with van der Waals surface area (Å²) in [5.41, 5.74) is 0. The summed E-state index contributed by atoms with van der Waals surface area (Å²) in [4.78, 5) is 5.06. The third-order valence-corrected chi connectivity index (χ3v) is 1.34. The Hall–Kier alpha value is -1.04. The van der Waals surface area contributed by atoms with Gasteiger partial charge in [0.15, 0.2) is 0 Å². The molecule has 3 heteroatoms. The molecule has 0 aliphatic heterocycles. The largest absolute Gasteiger partial charge is 0.364 e. The van der Waals surface area contributed by atoms with Gasteiger partial charge in [0.05, 0.1) is 5.84 Å². The Morgan fingerprint density at radius 2 is 2.30 bits per heavy atom. The predicted octanol–water partition coefficient (Wildman–Crippen LogP) is 1.22. The minimum atomic E-state index is 0.560. The molecule has 0 rings (SSSR count). The number of nitrogens with zero attached hydrogens (tertiary/aromatic N) is 2. The Morgan fingerprint density at radius 1 is 1.70 bits per heavy atom. The first-order valence-corrected chi connectivity index (χ1v) is 3.28. The number of hydrogen-bond donors (Lipinski definition) is 1. The molecule has 0 saturated carbocycles. The van der Waals surface area contributed by atoms with Gasteiger partial charge in [-0.05, 0) is 6.92 Å². The Bertz CT molecular complexity index is 145. The van der Waals surface area contributed by atoms with Crippen LogP contribution in [0.1, 0.15) is 13.3 Å². The van der Waals surface area contributed by atoms with Crippen molar-refractivity contribution in [1.29, 1.82) is 5.41 Å². The second kappa shape index (κ2) is 4.80. The molecule has 1 N–H and O–H groups in total. The second-order valence-electron chi connectivity index (χ2n) is 2.24. The third-order valence-electron chi connectivity index (χ3n) is 1.34. The van der Waals surface area contributed by atoms with E-state index in [-0.39, 0.29) is 0 Å². The summed E-state index contributed by atoms with van der Waals surface area (Å²) >= 11 is 0. The summed E-state index contributed by atoms with van der Waals surface area (Å²) in [6.07, 6.45) is 0.857. The van der Waals surface area contributed by atoms with E-state index in [0.717, 1.165) is 13.0 Å². The van der Waals surface area contributed by atoms with Crippen molar-refractivity contribution in [2.24, 2.45) is 0 Å². The topological polar surface area (TPSA) is 31.5 Å². The molecule has 0 heterocycles. The summed E-state index contributed by atoms with van der Waals surface area (Å²) < 4.78 is 0. The number of amidine groups is 1. The van der Waals surface area contributed by atoms with E-state index in [1.165, 1.54) is 0 Å².